The Morgan fingerprint density at radius 3 is 2.08 bits per heavy atom. The predicted molar refractivity (Wildman–Crippen MR) is 149 cm³/mol. The van der Waals surface area contributed by atoms with Crippen molar-refractivity contribution >= 4 is 29.2 Å². The van der Waals surface area contributed by atoms with Crippen LogP contribution in [0.4, 0.5) is 11.4 Å². The number of aromatic nitrogens is 2. The van der Waals surface area contributed by atoms with Crippen molar-refractivity contribution in [2.24, 2.45) is 0 Å². The van der Waals surface area contributed by atoms with E-state index in [9.17, 15) is 14.4 Å². The zero-order chi connectivity index (χ0) is 27.9. The maximum atomic E-state index is 12.8. The average molecular weight is 527 g/mol. The molecule has 2 N–H and O–H groups in total. The highest BCUT2D eigenvalue weighted by Crippen LogP contribution is 2.24. The third kappa shape index (κ3) is 6.32. The van der Waals surface area contributed by atoms with Crippen LogP contribution in [0.2, 0.25) is 0 Å². The number of nitrogens with one attached hydrogen (secondary N) is 2. The molecule has 0 aliphatic heterocycles. The van der Waals surface area contributed by atoms with Crippen LogP contribution in [0, 0.1) is 13.8 Å². The van der Waals surface area contributed by atoms with Crippen LogP contribution in [0.1, 0.15) is 44.1 Å². The van der Waals surface area contributed by atoms with Gasteiger partial charge in [-0.1, -0.05) is 12.1 Å². The van der Waals surface area contributed by atoms with Crippen LogP contribution in [0.5, 0.6) is 5.75 Å². The Bertz CT molecular complexity index is 1490. The van der Waals surface area contributed by atoms with E-state index in [1.165, 1.54) is 7.11 Å². The highest BCUT2D eigenvalue weighted by Gasteiger charge is 2.15. The van der Waals surface area contributed by atoms with Crippen LogP contribution in [-0.4, -0.2) is 41.8 Å². The first-order chi connectivity index (χ1) is 18.8. The van der Waals surface area contributed by atoms with Gasteiger partial charge in [-0.05, 0) is 86.5 Å². The molecule has 9 heteroatoms. The van der Waals surface area contributed by atoms with Crippen molar-refractivity contribution in [3.05, 3.63) is 101 Å². The minimum absolute atomic E-state index is 0.261. The van der Waals surface area contributed by atoms with E-state index in [-0.39, 0.29) is 24.2 Å². The Morgan fingerprint density at radius 1 is 0.821 bits per heavy atom. The Kier molecular flexibility index (Phi) is 8.40. The molecule has 4 rings (SSSR count). The number of methoxy groups -OCH3 is 2. The summed E-state index contributed by atoms with van der Waals surface area (Å²) in [6.45, 7) is 3.86. The maximum absolute atomic E-state index is 12.8. The molecule has 0 fully saturated rings. The third-order valence-electron chi connectivity index (χ3n) is 6.38. The molecule has 0 aliphatic carbocycles. The summed E-state index contributed by atoms with van der Waals surface area (Å²) in [6, 6.07) is 20.9. The summed E-state index contributed by atoms with van der Waals surface area (Å²) >= 11 is 0. The van der Waals surface area contributed by atoms with E-state index in [4.69, 9.17) is 9.47 Å². The normalized spacial score (nSPS) is 10.6. The van der Waals surface area contributed by atoms with E-state index in [1.54, 1.807) is 60.3 Å². The molecule has 2 amide bonds. The second-order valence-corrected chi connectivity index (χ2v) is 8.87. The van der Waals surface area contributed by atoms with Crippen molar-refractivity contribution < 1.29 is 23.9 Å². The summed E-state index contributed by atoms with van der Waals surface area (Å²) in [5.74, 6) is -0.259. The van der Waals surface area contributed by atoms with Crippen LogP contribution >= 0.6 is 0 Å². The number of carbonyl (C=O) groups excluding carboxylic acids is 3. The van der Waals surface area contributed by atoms with Gasteiger partial charge in [0.05, 0.1) is 31.3 Å². The van der Waals surface area contributed by atoms with Gasteiger partial charge < -0.3 is 20.1 Å². The first kappa shape index (κ1) is 27.1. The molecule has 0 bridgehead atoms. The highest BCUT2D eigenvalue weighted by atomic mass is 16.5. The molecule has 0 radical (unpaired) electrons. The van der Waals surface area contributed by atoms with E-state index in [1.807, 2.05) is 38.1 Å². The molecule has 1 heterocycles. The third-order valence-corrected chi connectivity index (χ3v) is 6.38. The first-order valence-electron chi connectivity index (χ1n) is 12.4. The Labute approximate surface area is 226 Å². The van der Waals surface area contributed by atoms with E-state index >= 15 is 0 Å². The molecule has 0 spiro atoms. The van der Waals surface area contributed by atoms with Gasteiger partial charge in [-0.25, -0.2) is 4.68 Å². The number of rotatable bonds is 9. The van der Waals surface area contributed by atoms with Crippen molar-refractivity contribution in [2.75, 3.05) is 24.9 Å². The molecule has 200 valence electrons. The largest absolute Gasteiger partial charge is 0.495 e. The number of aryl methyl sites for hydroxylation is 1. The fraction of sp³-hybridized carbons (Fsp3) is 0.200. The lowest BCUT2D eigenvalue weighted by Gasteiger charge is -2.11. The standard InChI is InChI=1S/C30H30N4O5/c1-19-25(17-18-28(35)39-4)20(2)34(33-19)24-15-11-22(12-16-24)29(36)31-23-13-9-21(10-14-23)30(37)32-26-7-5-6-8-27(26)38-3/h5-16H,17-18H2,1-4H3,(H,31,36)(H,32,37). The summed E-state index contributed by atoms with van der Waals surface area (Å²) in [5, 5.41) is 10.3. The molecule has 0 aliphatic rings. The van der Waals surface area contributed by atoms with E-state index in [0.717, 1.165) is 22.6 Å². The van der Waals surface area contributed by atoms with Crippen LogP contribution in [-0.2, 0) is 16.0 Å². The molecule has 0 atom stereocenters. The second-order valence-electron chi connectivity index (χ2n) is 8.87. The molecule has 0 saturated carbocycles. The molecule has 3 aromatic carbocycles. The minimum Gasteiger partial charge on any atom is -0.495 e. The average Bonchev–Trinajstić information content (AvgIpc) is 3.24. The topological polar surface area (TPSA) is 112 Å². The van der Waals surface area contributed by atoms with E-state index in [0.29, 0.717) is 34.7 Å². The molecule has 4 aromatic rings. The van der Waals surface area contributed by atoms with Crippen LogP contribution in [0.3, 0.4) is 0 Å². The van der Waals surface area contributed by atoms with Crippen molar-refractivity contribution in [1.29, 1.82) is 0 Å². The van der Waals surface area contributed by atoms with Gasteiger partial charge >= 0.3 is 5.97 Å². The van der Waals surface area contributed by atoms with Gasteiger partial charge in [0.1, 0.15) is 5.75 Å². The number of hydrogen-bond donors (Lipinski definition) is 2. The van der Waals surface area contributed by atoms with Crippen molar-refractivity contribution in [3.8, 4) is 11.4 Å². The monoisotopic (exact) mass is 526 g/mol. The van der Waals surface area contributed by atoms with Gasteiger partial charge in [0.25, 0.3) is 11.8 Å². The summed E-state index contributed by atoms with van der Waals surface area (Å²) < 4.78 is 11.8. The number of benzene rings is 3. The molecule has 1 aromatic heterocycles. The van der Waals surface area contributed by atoms with Gasteiger partial charge in [-0.2, -0.15) is 5.10 Å². The van der Waals surface area contributed by atoms with Gasteiger partial charge in [-0.15, -0.1) is 0 Å². The van der Waals surface area contributed by atoms with E-state index < -0.39 is 0 Å². The van der Waals surface area contributed by atoms with Crippen LogP contribution < -0.4 is 15.4 Å². The minimum atomic E-state index is -0.287. The number of amides is 2. The highest BCUT2D eigenvalue weighted by molar-refractivity contribution is 6.06. The maximum Gasteiger partial charge on any atom is 0.305 e. The zero-order valence-corrected chi connectivity index (χ0v) is 22.3. The summed E-state index contributed by atoms with van der Waals surface area (Å²) in [7, 11) is 2.92. The van der Waals surface area contributed by atoms with Gasteiger partial charge in [0.2, 0.25) is 0 Å². The lowest BCUT2D eigenvalue weighted by molar-refractivity contribution is -0.140. The quantitative estimate of drug-likeness (QED) is 0.293. The van der Waals surface area contributed by atoms with Crippen LogP contribution in [0.25, 0.3) is 5.69 Å². The van der Waals surface area contributed by atoms with Crippen molar-refractivity contribution in [3.63, 3.8) is 0 Å². The number of nitrogens with zero attached hydrogens (tertiary/aromatic N) is 2. The number of carbonyl (C=O) groups is 3. The van der Waals surface area contributed by atoms with Crippen LogP contribution in [0.15, 0.2) is 72.8 Å². The predicted octanol–water partition coefficient (Wildman–Crippen LogP) is 5.11. The van der Waals surface area contributed by atoms with Gasteiger partial charge in [-0.3, -0.25) is 14.4 Å². The SMILES string of the molecule is COC(=O)CCc1c(C)nn(-c2ccc(C(=O)Nc3ccc(C(=O)Nc4ccccc4OC)cc3)cc2)c1C. The molecule has 0 unspecified atom stereocenters. The molecular weight excluding hydrogens is 496 g/mol. The summed E-state index contributed by atoms with van der Waals surface area (Å²) in [4.78, 5) is 37.0. The second kappa shape index (κ2) is 12.1. The number of para-hydroxylation sites is 2. The lowest BCUT2D eigenvalue weighted by atomic mass is 10.1. The Balaban J connectivity index is 1.40. The van der Waals surface area contributed by atoms with Crippen molar-refractivity contribution in [2.45, 2.75) is 26.7 Å². The number of anilines is 2. The Morgan fingerprint density at radius 2 is 1.44 bits per heavy atom. The molecule has 9 nitrogen and oxygen atoms in total. The molecular formula is C30H30N4O5. The van der Waals surface area contributed by atoms with E-state index in [2.05, 4.69) is 15.7 Å². The zero-order valence-electron chi connectivity index (χ0n) is 22.3. The number of ether oxygens (including phenoxy) is 2. The lowest BCUT2D eigenvalue weighted by Crippen LogP contribution is -2.14. The number of esters is 1. The van der Waals surface area contributed by atoms with Gasteiger partial charge in [0, 0.05) is 28.9 Å². The molecule has 0 saturated heterocycles. The summed E-state index contributed by atoms with van der Waals surface area (Å²) in [5.41, 5.74) is 5.64. The fourth-order valence-corrected chi connectivity index (χ4v) is 4.22. The summed E-state index contributed by atoms with van der Waals surface area (Å²) in [6.07, 6.45) is 0.835. The van der Waals surface area contributed by atoms with Gasteiger partial charge in [0.15, 0.2) is 0 Å². The smallest absolute Gasteiger partial charge is 0.305 e. The van der Waals surface area contributed by atoms with Crippen molar-refractivity contribution in [1.82, 2.24) is 9.78 Å². The Hall–Kier alpha value is -4.92. The number of hydrogen-bond acceptors (Lipinski definition) is 6. The fourth-order valence-electron chi connectivity index (χ4n) is 4.22. The first-order valence-corrected chi connectivity index (χ1v) is 12.4. The molecule has 39 heavy (non-hydrogen) atoms.